The van der Waals surface area contributed by atoms with Gasteiger partial charge in [0.1, 0.15) is 22.6 Å². The molecule has 0 saturated carbocycles. The molecule has 0 bridgehead atoms. The Labute approximate surface area is 189 Å². The first kappa shape index (κ1) is 21.5. The number of hydrogen-bond donors (Lipinski definition) is 2. The third-order valence-electron chi connectivity index (χ3n) is 4.70. The topological polar surface area (TPSA) is 98.3 Å². The maximum Gasteiger partial charge on any atom is 0.267 e. The van der Waals surface area contributed by atoms with Gasteiger partial charge in [-0.15, -0.1) is 0 Å². The summed E-state index contributed by atoms with van der Waals surface area (Å²) in [5.41, 5.74) is 1.48. The van der Waals surface area contributed by atoms with Crippen molar-refractivity contribution in [2.45, 2.75) is 32.8 Å². The van der Waals surface area contributed by atoms with Crippen molar-refractivity contribution < 1.29 is 14.3 Å². The zero-order valence-corrected chi connectivity index (χ0v) is 18.7. The summed E-state index contributed by atoms with van der Waals surface area (Å²) in [6.07, 6.45) is 3.27. The van der Waals surface area contributed by atoms with Crippen molar-refractivity contribution >= 4 is 45.5 Å². The van der Waals surface area contributed by atoms with Gasteiger partial charge in [-0.2, -0.15) is 4.98 Å². The van der Waals surface area contributed by atoms with Crippen LogP contribution < -0.4 is 15.4 Å². The molecule has 162 valence electrons. The van der Waals surface area contributed by atoms with Crippen LogP contribution in [0.15, 0.2) is 30.5 Å². The number of thiazole rings is 1. The Bertz CT molecular complexity index is 1060. The van der Waals surface area contributed by atoms with Gasteiger partial charge in [0.15, 0.2) is 5.13 Å². The number of benzene rings is 1. The standard InChI is InChI=1S/C21H22ClN5O3S/c1-12-4-3-5-15(22)19(12)27-20(28)16-11-23-21(31-16)26-17-10-18(25-13(2)24-17)30-14-6-8-29-9-7-14/h3-5,10-11,14H,6-9H2,1-2H3,(H,27,28)(H,23,24,25,26). The van der Waals surface area contributed by atoms with Gasteiger partial charge in [0.05, 0.1) is 30.1 Å². The number of nitrogens with one attached hydrogen (secondary N) is 2. The SMILES string of the molecule is Cc1nc(Nc2ncc(C(=O)Nc3c(C)cccc3Cl)s2)cc(OC2CCOCC2)n1. The Morgan fingerprint density at radius 1 is 1.26 bits per heavy atom. The van der Waals surface area contributed by atoms with E-state index in [2.05, 4.69) is 25.6 Å². The van der Waals surface area contributed by atoms with Gasteiger partial charge in [-0.3, -0.25) is 4.79 Å². The first-order valence-corrected chi connectivity index (χ1v) is 11.1. The third-order valence-corrected chi connectivity index (χ3v) is 5.92. The van der Waals surface area contributed by atoms with E-state index < -0.39 is 0 Å². The zero-order chi connectivity index (χ0) is 21.8. The van der Waals surface area contributed by atoms with Crippen molar-refractivity contribution in [1.82, 2.24) is 15.0 Å². The van der Waals surface area contributed by atoms with Crippen LogP contribution in [-0.2, 0) is 4.74 Å². The van der Waals surface area contributed by atoms with Gasteiger partial charge in [-0.05, 0) is 25.5 Å². The van der Waals surface area contributed by atoms with E-state index in [9.17, 15) is 4.79 Å². The molecule has 2 N–H and O–H groups in total. The lowest BCUT2D eigenvalue weighted by atomic mass is 10.2. The van der Waals surface area contributed by atoms with Crippen LogP contribution in [-0.4, -0.2) is 40.2 Å². The molecule has 3 aromatic rings. The number of hydrogen-bond acceptors (Lipinski definition) is 8. The third kappa shape index (κ3) is 5.49. The number of halogens is 1. The molecule has 0 radical (unpaired) electrons. The van der Waals surface area contributed by atoms with Crippen molar-refractivity contribution in [1.29, 1.82) is 0 Å². The van der Waals surface area contributed by atoms with E-state index in [0.29, 0.717) is 51.5 Å². The van der Waals surface area contributed by atoms with E-state index in [-0.39, 0.29) is 12.0 Å². The number of anilines is 3. The molecular weight excluding hydrogens is 438 g/mol. The van der Waals surface area contributed by atoms with Crippen LogP contribution >= 0.6 is 22.9 Å². The maximum absolute atomic E-state index is 12.6. The minimum Gasteiger partial charge on any atom is -0.474 e. The second-order valence-corrected chi connectivity index (χ2v) is 8.55. The molecule has 3 heterocycles. The number of amides is 1. The summed E-state index contributed by atoms with van der Waals surface area (Å²) in [7, 11) is 0. The van der Waals surface area contributed by atoms with Crippen LogP contribution in [0.2, 0.25) is 5.02 Å². The Balaban J connectivity index is 1.44. The number of carbonyl (C=O) groups excluding carboxylic acids is 1. The Morgan fingerprint density at radius 2 is 2.06 bits per heavy atom. The lowest BCUT2D eigenvalue weighted by Gasteiger charge is -2.22. The van der Waals surface area contributed by atoms with E-state index in [4.69, 9.17) is 21.1 Å². The first-order valence-electron chi connectivity index (χ1n) is 9.87. The highest BCUT2D eigenvalue weighted by molar-refractivity contribution is 7.17. The smallest absolute Gasteiger partial charge is 0.267 e. The van der Waals surface area contributed by atoms with Crippen molar-refractivity contribution in [3.8, 4) is 5.88 Å². The minimum absolute atomic E-state index is 0.0827. The molecule has 1 fully saturated rings. The Hall–Kier alpha value is -2.75. The van der Waals surface area contributed by atoms with Crippen LogP contribution in [0.5, 0.6) is 5.88 Å². The molecule has 0 unspecified atom stereocenters. The molecule has 8 nitrogen and oxygen atoms in total. The van der Waals surface area contributed by atoms with Gasteiger partial charge >= 0.3 is 0 Å². The summed E-state index contributed by atoms with van der Waals surface area (Å²) < 4.78 is 11.3. The van der Waals surface area contributed by atoms with Crippen molar-refractivity contribution in [3.05, 3.63) is 51.7 Å². The van der Waals surface area contributed by atoms with Crippen molar-refractivity contribution in [2.75, 3.05) is 23.8 Å². The van der Waals surface area contributed by atoms with Crippen LogP contribution in [0, 0.1) is 13.8 Å². The number of carbonyl (C=O) groups is 1. The number of nitrogens with zero attached hydrogens (tertiary/aromatic N) is 3. The van der Waals surface area contributed by atoms with Crippen molar-refractivity contribution in [2.24, 2.45) is 0 Å². The van der Waals surface area contributed by atoms with Crippen LogP contribution in [0.3, 0.4) is 0 Å². The van der Waals surface area contributed by atoms with Crippen LogP contribution in [0.25, 0.3) is 0 Å². The minimum atomic E-state index is -0.274. The highest BCUT2D eigenvalue weighted by Gasteiger charge is 2.18. The molecule has 10 heteroatoms. The fraction of sp³-hybridized carbons (Fsp3) is 0.333. The molecule has 4 rings (SSSR count). The molecule has 0 aliphatic carbocycles. The monoisotopic (exact) mass is 459 g/mol. The second kappa shape index (κ2) is 9.59. The summed E-state index contributed by atoms with van der Waals surface area (Å²) >= 11 is 7.42. The number of aromatic nitrogens is 3. The molecule has 1 aliphatic rings. The van der Waals surface area contributed by atoms with E-state index >= 15 is 0 Å². The van der Waals surface area contributed by atoms with E-state index in [1.807, 2.05) is 19.1 Å². The molecule has 1 aromatic carbocycles. The Morgan fingerprint density at radius 3 is 2.84 bits per heavy atom. The number of para-hydroxylation sites is 1. The lowest BCUT2D eigenvalue weighted by molar-refractivity contribution is 0.0236. The largest absolute Gasteiger partial charge is 0.474 e. The first-order chi connectivity index (χ1) is 15.0. The summed E-state index contributed by atoms with van der Waals surface area (Å²) in [5.74, 6) is 1.36. The van der Waals surface area contributed by atoms with E-state index in [1.54, 1.807) is 19.1 Å². The van der Waals surface area contributed by atoms with Gasteiger partial charge in [0.25, 0.3) is 5.91 Å². The van der Waals surface area contributed by atoms with Gasteiger partial charge in [0.2, 0.25) is 5.88 Å². The highest BCUT2D eigenvalue weighted by atomic mass is 35.5. The number of aryl methyl sites for hydroxylation is 2. The van der Waals surface area contributed by atoms with E-state index in [0.717, 1.165) is 18.4 Å². The van der Waals surface area contributed by atoms with Gasteiger partial charge in [-0.1, -0.05) is 35.1 Å². The quantitative estimate of drug-likeness (QED) is 0.548. The molecule has 2 aromatic heterocycles. The maximum atomic E-state index is 12.6. The predicted molar refractivity (Wildman–Crippen MR) is 121 cm³/mol. The summed E-state index contributed by atoms with van der Waals surface area (Å²) in [6.45, 7) is 5.07. The highest BCUT2D eigenvalue weighted by Crippen LogP contribution is 2.28. The zero-order valence-electron chi connectivity index (χ0n) is 17.1. The summed E-state index contributed by atoms with van der Waals surface area (Å²) in [4.78, 5) is 26.1. The van der Waals surface area contributed by atoms with Gasteiger partial charge < -0.3 is 20.1 Å². The van der Waals surface area contributed by atoms with Crippen molar-refractivity contribution in [3.63, 3.8) is 0 Å². The van der Waals surface area contributed by atoms with Crippen LogP contribution in [0.4, 0.5) is 16.6 Å². The molecule has 0 atom stereocenters. The average molecular weight is 460 g/mol. The molecule has 31 heavy (non-hydrogen) atoms. The molecular formula is C21H22ClN5O3S. The summed E-state index contributed by atoms with van der Waals surface area (Å²) in [6, 6.07) is 7.20. The van der Waals surface area contributed by atoms with Gasteiger partial charge in [0, 0.05) is 18.9 Å². The Kier molecular flexibility index (Phi) is 6.64. The average Bonchev–Trinajstić information content (AvgIpc) is 3.19. The summed E-state index contributed by atoms with van der Waals surface area (Å²) in [5, 5.41) is 7.01. The second-order valence-electron chi connectivity index (χ2n) is 7.11. The normalized spacial score (nSPS) is 14.3. The molecule has 0 spiro atoms. The molecule has 1 saturated heterocycles. The fourth-order valence-electron chi connectivity index (χ4n) is 3.14. The molecule has 1 aliphatic heterocycles. The number of rotatable bonds is 6. The van der Waals surface area contributed by atoms with E-state index in [1.165, 1.54) is 17.5 Å². The lowest BCUT2D eigenvalue weighted by Crippen LogP contribution is -2.26. The fourth-order valence-corrected chi connectivity index (χ4v) is 4.13. The molecule has 1 amide bonds. The van der Waals surface area contributed by atoms with Crippen LogP contribution in [0.1, 0.15) is 33.9 Å². The predicted octanol–water partition coefficient (Wildman–Crippen LogP) is 4.76. The number of ether oxygens (including phenoxy) is 2. The van der Waals surface area contributed by atoms with Gasteiger partial charge in [-0.25, -0.2) is 9.97 Å².